The summed E-state index contributed by atoms with van der Waals surface area (Å²) >= 11 is 0. The molecular formula is C14H20N4. The first-order valence-corrected chi connectivity index (χ1v) is 6.54. The predicted molar refractivity (Wildman–Crippen MR) is 72.5 cm³/mol. The summed E-state index contributed by atoms with van der Waals surface area (Å²) in [6, 6.07) is 4.08. The highest BCUT2D eigenvalue weighted by atomic mass is 15.2. The van der Waals surface area contributed by atoms with E-state index in [1.807, 2.05) is 6.07 Å². The maximum atomic E-state index is 4.27. The molecule has 2 aromatic rings. The van der Waals surface area contributed by atoms with Crippen LogP contribution in [0, 0.1) is 5.41 Å². The quantitative estimate of drug-likeness (QED) is 0.882. The first kappa shape index (κ1) is 11.7. The molecule has 0 spiro atoms. The van der Waals surface area contributed by atoms with Crippen molar-refractivity contribution in [1.82, 2.24) is 20.1 Å². The van der Waals surface area contributed by atoms with Crippen molar-refractivity contribution in [3.8, 4) is 0 Å². The minimum absolute atomic E-state index is 0.378. The summed E-state index contributed by atoms with van der Waals surface area (Å²) in [6.07, 6.45) is 1.79. The largest absolute Gasteiger partial charge is 0.301 e. The fourth-order valence-electron chi connectivity index (χ4n) is 2.73. The molecule has 1 saturated heterocycles. The maximum Gasteiger partial charge on any atom is 0.181 e. The monoisotopic (exact) mass is 244 g/mol. The lowest BCUT2D eigenvalue weighted by Gasteiger charge is -2.42. The van der Waals surface area contributed by atoms with Crippen LogP contribution in [0.4, 0.5) is 0 Å². The zero-order chi connectivity index (χ0) is 12.8. The average molecular weight is 244 g/mol. The minimum Gasteiger partial charge on any atom is -0.301 e. The zero-order valence-electron chi connectivity index (χ0n) is 11.3. The summed E-state index contributed by atoms with van der Waals surface area (Å²) in [5.41, 5.74) is 2.47. The molecule has 0 amide bonds. The third kappa shape index (κ3) is 2.12. The van der Waals surface area contributed by atoms with Crippen molar-refractivity contribution in [2.24, 2.45) is 5.41 Å². The summed E-state index contributed by atoms with van der Waals surface area (Å²) in [6.45, 7) is 10.3. The number of aromatic nitrogens is 3. The highest BCUT2D eigenvalue weighted by Crippen LogP contribution is 2.31. The van der Waals surface area contributed by atoms with E-state index in [0.717, 1.165) is 25.3 Å². The van der Waals surface area contributed by atoms with Crippen LogP contribution >= 0.6 is 0 Å². The van der Waals surface area contributed by atoms with Crippen LogP contribution in [0.15, 0.2) is 18.3 Å². The second-order valence-electron chi connectivity index (χ2n) is 6.46. The number of nitrogens with one attached hydrogen (secondary N) is 1. The Hall–Kier alpha value is -1.42. The van der Waals surface area contributed by atoms with Crippen molar-refractivity contribution in [3.05, 3.63) is 24.0 Å². The fraction of sp³-hybridized carbons (Fsp3) is 0.571. The zero-order valence-corrected chi connectivity index (χ0v) is 11.3. The molecule has 4 heteroatoms. The van der Waals surface area contributed by atoms with E-state index in [0.29, 0.717) is 11.3 Å². The molecule has 0 unspecified atom stereocenters. The lowest BCUT2D eigenvalue weighted by Crippen LogP contribution is -2.48. The highest BCUT2D eigenvalue weighted by Gasteiger charge is 2.32. The lowest BCUT2D eigenvalue weighted by molar-refractivity contribution is 0.0997. The molecule has 0 bridgehead atoms. The van der Waals surface area contributed by atoms with Gasteiger partial charge in [0.1, 0.15) is 0 Å². The Labute approximate surface area is 107 Å². The molecular weight excluding hydrogens is 224 g/mol. The Morgan fingerprint density at radius 2 is 2.17 bits per heavy atom. The molecule has 1 N–H and O–H groups in total. The molecule has 0 atom stereocenters. The number of nitrogens with zero attached hydrogens (tertiary/aromatic N) is 3. The van der Waals surface area contributed by atoms with Gasteiger partial charge in [-0.25, -0.2) is 4.98 Å². The minimum atomic E-state index is 0.378. The van der Waals surface area contributed by atoms with Crippen LogP contribution in [0.25, 0.3) is 11.0 Å². The summed E-state index contributed by atoms with van der Waals surface area (Å²) < 4.78 is 0. The van der Waals surface area contributed by atoms with Gasteiger partial charge < -0.3 is 4.90 Å². The van der Waals surface area contributed by atoms with E-state index in [1.165, 1.54) is 11.1 Å². The summed E-state index contributed by atoms with van der Waals surface area (Å²) in [5.74, 6) is 0.585. The molecule has 0 radical (unpaired) electrons. The number of fused-ring (bicyclic) bond motifs is 1. The van der Waals surface area contributed by atoms with Gasteiger partial charge in [0.25, 0.3) is 0 Å². The Morgan fingerprint density at radius 1 is 1.39 bits per heavy atom. The number of rotatable bonds is 2. The second kappa shape index (κ2) is 4.05. The molecule has 1 aliphatic heterocycles. The van der Waals surface area contributed by atoms with Gasteiger partial charge in [0.15, 0.2) is 5.65 Å². The van der Waals surface area contributed by atoms with Gasteiger partial charge in [-0.05, 0) is 17.5 Å². The SMILES string of the molecule is CC(C)(C)CN1CC(c2[nH]nc3ncccc23)C1. The van der Waals surface area contributed by atoms with Crippen molar-refractivity contribution in [3.63, 3.8) is 0 Å². The smallest absolute Gasteiger partial charge is 0.181 e. The van der Waals surface area contributed by atoms with Crippen LogP contribution in [0.3, 0.4) is 0 Å². The number of H-pyrrole nitrogens is 1. The molecule has 2 aromatic heterocycles. The first-order valence-electron chi connectivity index (χ1n) is 6.54. The van der Waals surface area contributed by atoms with E-state index in [2.05, 4.69) is 46.9 Å². The molecule has 0 aliphatic carbocycles. The number of likely N-dealkylation sites (tertiary alicyclic amines) is 1. The van der Waals surface area contributed by atoms with E-state index in [9.17, 15) is 0 Å². The number of pyridine rings is 1. The second-order valence-corrected chi connectivity index (χ2v) is 6.46. The normalized spacial score (nSPS) is 18.2. The van der Waals surface area contributed by atoms with E-state index in [1.54, 1.807) is 6.20 Å². The van der Waals surface area contributed by atoms with Crippen LogP contribution in [0.5, 0.6) is 0 Å². The molecule has 1 aliphatic rings. The van der Waals surface area contributed by atoms with Crippen LogP contribution < -0.4 is 0 Å². The van der Waals surface area contributed by atoms with Crippen LogP contribution in [-0.2, 0) is 0 Å². The van der Waals surface area contributed by atoms with Gasteiger partial charge in [0.2, 0.25) is 0 Å². The molecule has 18 heavy (non-hydrogen) atoms. The van der Waals surface area contributed by atoms with Gasteiger partial charge in [-0.15, -0.1) is 0 Å². The Kier molecular flexibility index (Phi) is 2.63. The van der Waals surface area contributed by atoms with Crippen molar-refractivity contribution in [1.29, 1.82) is 0 Å². The van der Waals surface area contributed by atoms with E-state index >= 15 is 0 Å². The topological polar surface area (TPSA) is 44.8 Å². The molecule has 4 nitrogen and oxygen atoms in total. The number of aromatic amines is 1. The van der Waals surface area contributed by atoms with Crippen molar-refractivity contribution in [2.45, 2.75) is 26.7 Å². The van der Waals surface area contributed by atoms with Crippen LogP contribution in [-0.4, -0.2) is 39.7 Å². The Balaban J connectivity index is 1.72. The van der Waals surface area contributed by atoms with E-state index in [-0.39, 0.29) is 0 Å². The maximum absolute atomic E-state index is 4.27. The van der Waals surface area contributed by atoms with Crippen LogP contribution in [0.2, 0.25) is 0 Å². The van der Waals surface area contributed by atoms with Gasteiger partial charge in [-0.3, -0.25) is 5.10 Å². The summed E-state index contributed by atoms with van der Waals surface area (Å²) in [7, 11) is 0. The molecule has 3 heterocycles. The van der Waals surface area contributed by atoms with Gasteiger partial charge in [-0.1, -0.05) is 20.8 Å². The summed E-state index contributed by atoms with van der Waals surface area (Å²) in [4.78, 5) is 6.77. The lowest BCUT2D eigenvalue weighted by atomic mass is 9.89. The molecule has 3 rings (SSSR count). The van der Waals surface area contributed by atoms with Crippen molar-refractivity contribution < 1.29 is 0 Å². The van der Waals surface area contributed by atoms with E-state index in [4.69, 9.17) is 0 Å². The van der Waals surface area contributed by atoms with Crippen LogP contribution in [0.1, 0.15) is 32.4 Å². The third-order valence-electron chi connectivity index (χ3n) is 3.42. The average Bonchev–Trinajstić information content (AvgIpc) is 2.65. The van der Waals surface area contributed by atoms with Gasteiger partial charge in [-0.2, -0.15) is 5.10 Å². The number of hydrogen-bond acceptors (Lipinski definition) is 3. The molecule has 1 fully saturated rings. The highest BCUT2D eigenvalue weighted by molar-refractivity contribution is 5.78. The molecule has 0 aromatic carbocycles. The number of hydrogen-bond donors (Lipinski definition) is 1. The van der Waals surface area contributed by atoms with Crippen molar-refractivity contribution in [2.75, 3.05) is 19.6 Å². The van der Waals surface area contributed by atoms with Crippen molar-refractivity contribution >= 4 is 11.0 Å². The third-order valence-corrected chi connectivity index (χ3v) is 3.42. The Bertz CT molecular complexity index is 546. The predicted octanol–water partition coefficient (Wildman–Crippen LogP) is 2.40. The van der Waals surface area contributed by atoms with E-state index < -0.39 is 0 Å². The summed E-state index contributed by atoms with van der Waals surface area (Å²) in [5, 5.41) is 8.61. The van der Waals surface area contributed by atoms with Gasteiger partial charge in [0, 0.05) is 37.1 Å². The molecule has 0 saturated carbocycles. The first-order chi connectivity index (χ1) is 8.53. The van der Waals surface area contributed by atoms with Gasteiger partial charge in [0.05, 0.1) is 5.69 Å². The fourth-order valence-corrected chi connectivity index (χ4v) is 2.73. The van der Waals surface area contributed by atoms with Gasteiger partial charge >= 0.3 is 0 Å². The Morgan fingerprint density at radius 3 is 2.89 bits per heavy atom. The standard InChI is InChI=1S/C14H20N4/c1-14(2,3)9-18-7-10(8-18)12-11-5-4-6-15-13(11)17-16-12/h4-6,10H,7-9H2,1-3H3,(H,15,16,17). The molecule has 96 valence electrons.